The Kier molecular flexibility index (Phi) is 5.12. The largest absolute Gasteiger partial charge is 0.480 e. The third-order valence-electron chi connectivity index (χ3n) is 4.95. The molecule has 8 nitrogen and oxygen atoms in total. The van der Waals surface area contributed by atoms with Crippen LogP contribution in [0.4, 0.5) is 5.82 Å². The number of carbonyl (C=O) groups excluding carboxylic acids is 1. The predicted octanol–water partition coefficient (Wildman–Crippen LogP) is 2.08. The first kappa shape index (κ1) is 18.2. The van der Waals surface area contributed by atoms with E-state index in [9.17, 15) is 4.79 Å². The second kappa shape index (κ2) is 7.85. The molecule has 8 heteroatoms. The van der Waals surface area contributed by atoms with Gasteiger partial charge in [-0.3, -0.25) is 4.90 Å². The minimum Gasteiger partial charge on any atom is -0.480 e. The van der Waals surface area contributed by atoms with Gasteiger partial charge in [0, 0.05) is 26.2 Å². The van der Waals surface area contributed by atoms with Gasteiger partial charge in [0.2, 0.25) is 5.88 Å². The molecule has 1 fully saturated rings. The number of hydrogen-bond donors (Lipinski definition) is 1. The number of hydrogen-bond acceptors (Lipinski definition) is 7. The zero-order valence-corrected chi connectivity index (χ0v) is 16.0. The van der Waals surface area contributed by atoms with Gasteiger partial charge in [-0.15, -0.1) is 0 Å². The van der Waals surface area contributed by atoms with Crippen molar-refractivity contribution < 1.29 is 14.3 Å². The summed E-state index contributed by atoms with van der Waals surface area (Å²) in [5.41, 5.74) is 2.40. The molecular weight excluding hydrogens is 358 g/mol. The highest BCUT2D eigenvalue weighted by Crippen LogP contribution is 2.23. The molecule has 146 valence electrons. The van der Waals surface area contributed by atoms with Crippen molar-refractivity contribution >= 4 is 22.8 Å². The third-order valence-corrected chi connectivity index (χ3v) is 4.95. The molecule has 3 aromatic rings. The number of fused-ring (bicyclic) bond motifs is 1. The Balaban J connectivity index is 1.40. The fourth-order valence-corrected chi connectivity index (χ4v) is 3.46. The van der Waals surface area contributed by atoms with E-state index < -0.39 is 5.97 Å². The molecule has 1 aliphatic heterocycles. The number of aromatic nitrogens is 3. The number of esters is 1. The van der Waals surface area contributed by atoms with Crippen LogP contribution in [0.15, 0.2) is 36.4 Å². The molecule has 28 heavy (non-hydrogen) atoms. The van der Waals surface area contributed by atoms with Crippen LogP contribution in [0.3, 0.4) is 0 Å². The van der Waals surface area contributed by atoms with Crippen LogP contribution in [0.2, 0.25) is 0 Å². The van der Waals surface area contributed by atoms with Gasteiger partial charge in [0.05, 0.1) is 31.8 Å². The van der Waals surface area contributed by atoms with Gasteiger partial charge in [0.15, 0.2) is 0 Å². The Morgan fingerprint density at radius 2 is 1.86 bits per heavy atom. The van der Waals surface area contributed by atoms with Crippen molar-refractivity contribution in [1.82, 2.24) is 19.9 Å². The van der Waals surface area contributed by atoms with Crippen molar-refractivity contribution in [3.05, 3.63) is 47.8 Å². The lowest BCUT2D eigenvalue weighted by Crippen LogP contribution is -2.46. The molecule has 0 spiro atoms. The molecule has 1 saturated heterocycles. The van der Waals surface area contributed by atoms with E-state index in [2.05, 4.69) is 24.8 Å². The van der Waals surface area contributed by atoms with Gasteiger partial charge in [-0.05, 0) is 24.3 Å². The number of piperazine rings is 1. The number of aromatic amines is 1. The molecule has 1 N–H and O–H groups in total. The molecule has 0 amide bonds. The lowest BCUT2D eigenvalue weighted by Gasteiger charge is -2.35. The Morgan fingerprint density at radius 1 is 1.07 bits per heavy atom. The van der Waals surface area contributed by atoms with E-state index in [0.29, 0.717) is 5.56 Å². The number of carbonyl (C=O) groups is 1. The van der Waals surface area contributed by atoms with E-state index in [4.69, 9.17) is 9.47 Å². The maximum Gasteiger partial charge on any atom is 0.343 e. The first-order chi connectivity index (χ1) is 13.7. The number of H-pyrrole nitrogens is 1. The second-order valence-electron chi connectivity index (χ2n) is 6.68. The summed E-state index contributed by atoms with van der Waals surface area (Å²) in [4.78, 5) is 28.9. The number of benzene rings is 1. The zero-order chi connectivity index (χ0) is 19.5. The average Bonchev–Trinajstić information content (AvgIpc) is 3.15. The summed E-state index contributed by atoms with van der Waals surface area (Å²) >= 11 is 0. The van der Waals surface area contributed by atoms with Crippen LogP contribution in [-0.4, -0.2) is 66.2 Å². The van der Waals surface area contributed by atoms with Gasteiger partial charge >= 0.3 is 5.97 Å². The monoisotopic (exact) mass is 381 g/mol. The molecule has 0 aliphatic carbocycles. The summed E-state index contributed by atoms with van der Waals surface area (Å²) in [5.74, 6) is 1.62. The number of rotatable bonds is 5. The number of para-hydroxylation sites is 2. The average molecular weight is 381 g/mol. The van der Waals surface area contributed by atoms with E-state index in [1.165, 1.54) is 14.2 Å². The summed E-state index contributed by atoms with van der Waals surface area (Å²) in [6.07, 6.45) is 0. The summed E-state index contributed by atoms with van der Waals surface area (Å²) in [6, 6.07) is 11.6. The Hall–Kier alpha value is -3.13. The number of imidazole rings is 1. The lowest BCUT2D eigenvalue weighted by atomic mass is 10.2. The number of methoxy groups -OCH3 is 2. The van der Waals surface area contributed by atoms with Crippen molar-refractivity contribution in [3.63, 3.8) is 0 Å². The van der Waals surface area contributed by atoms with Gasteiger partial charge in [0.1, 0.15) is 17.2 Å². The van der Waals surface area contributed by atoms with Gasteiger partial charge in [-0.1, -0.05) is 12.1 Å². The molecule has 1 aromatic carbocycles. The first-order valence-corrected chi connectivity index (χ1v) is 9.22. The fourth-order valence-electron chi connectivity index (χ4n) is 3.46. The highest BCUT2D eigenvalue weighted by molar-refractivity contribution is 5.92. The van der Waals surface area contributed by atoms with Gasteiger partial charge < -0.3 is 19.4 Å². The number of pyridine rings is 1. The smallest absolute Gasteiger partial charge is 0.343 e. The van der Waals surface area contributed by atoms with Crippen LogP contribution >= 0.6 is 0 Å². The standard InChI is InChI=1S/C20H23N5O3/c1-27-19-14(20(26)28-2)7-8-18(23-19)25-11-9-24(10-12-25)13-17-21-15-5-3-4-6-16(15)22-17/h3-8H,9-13H2,1-2H3,(H,21,22). The zero-order valence-electron chi connectivity index (χ0n) is 16.0. The molecule has 3 heterocycles. The summed E-state index contributed by atoms with van der Waals surface area (Å²) in [7, 11) is 2.85. The fraction of sp³-hybridized carbons (Fsp3) is 0.350. The predicted molar refractivity (Wildman–Crippen MR) is 106 cm³/mol. The van der Waals surface area contributed by atoms with Gasteiger partial charge in [0.25, 0.3) is 0 Å². The van der Waals surface area contributed by atoms with E-state index in [1.807, 2.05) is 30.3 Å². The Morgan fingerprint density at radius 3 is 2.57 bits per heavy atom. The summed E-state index contributed by atoms with van der Waals surface area (Å²) in [5, 5.41) is 0. The molecule has 2 aromatic heterocycles. The topological polar surface area (TPSA) is 83.6 Å². The Labute approximate surface area is 163 Å². The highest BCUT2D eigenvalue weighted by Gasteiger charge is 2.21. The van der Waals surface area contributed by atoms with E-state index >= 15 is 0 Å². The van der Waals surface area contributed by atoms with Gasteiger partial charge in [-0.25, -0.2) is 9.78 Å². The normalized spacial score (nSPS) is 15.0. The molecular formula is C20H23N5O3. The maximum atomic E-state index is 11.8. The first-order valence-electron chi connectivity index (χ1n) is 9.22. The maximum absolute atomic E-state index is 11.8. The third kappa shape index (κ3) is 3.63. The summed E-state index contributed by atoms with van der Waals surface area (Å²) in [6.45, 7) is 4.28. The minimum absolute atomic E-state index is 0.286. The molecule has 4 rings (SSSR count). The number of anilines is 1. The van der Waals surface area contributed by atoms with Crippen molar-refractivity contribution in [3.8, 4) is 5.88 Å². The summed E-state index contributed by atoms with van der Waals surface area (Å²) < 4.78 is 10.0. The van der Waals surface area contributed by atoms with Crippen LogP contribution in [0, 0.1) is 0 Å². The molecule has 0 atom stereocenters. The molecule has 0 radical (unpaired) electrons. The minimum atomic E-state index is -0.452. The van der Waals surface area contributed by atoms with Crippen LogP contribution in [0.5, 0.6) is 5.88 Å². The Bertz CT molecular complexity index is 946. The number of nitrogens with zero attached hydrogens (tertiary/aromatic N) is 4. The molecule has 1 aliphatic rings. The lowest BCUT2D eigenvalue weighted by molar-refractivity contribution is 0.0596. The van der Waals surface area contributed by atoms with Crippen LogP contribution in [-0.2, 0) is 11.3 Å². The van der Waals surface area contributed by atoms with Crippen LogP contribution in [0.25, 0.3) is 11.0 Å². The number of ether oxygens (including phenoxy) is 2. The van der Waals surface area contributed by atoms with Crippen molar-refractivity contribution in [2.45, 2.75) is 6.54 Å². The van der Waals surface area contributed by atoms with Crippen molar-refractivity contribution in [2.75, 3.05) is 45.3 Å². The van der Waals surface area contributed by atoms with Crippen LogP contribution < -0.4 is 9.64 Å². The quantitative estimate of drug-likeness (QED) is 0.678. The van der Waals surface area contributed by atoms with Crippen molar-refractivity contribution in [1.29, 1.82) is 0 Å². The highest BCUT2D eigenvalue weighted by atomic mass is 16.5. The van der Waals surface area contributed by atoms with E-state index in [0.717, 1.165) is 55.4 Å². The van der Waals surface area contributed by atoms with E-state index in [1.54, 1.807) is 6.07 Å². The molecule has 0 saturated carbocycles. The SMILES string of the molecule is COC(=O)c1ccc(N2CCN(Cc3nc4ccccc4[nH]3)CC2)nc1OC. The molecule has 0 bridgehead atoms. The van der Waals surface area contributed by atoms with Crippen LogP contribution in [0.1, 0.15) is 16.2 Å². The number of nitrogens with one attached hydrogen (secondary N) is 1. The molecule has 0 unspecified atom stereocenters. The van der Waals surface area contributed by atoms with Crippen molar-refractivity contribution in [2.24, 2.45) is 0 Å². The van der Waals surface area contributed by atoms with Gasteiger partial charge in [-0.2, -0.15) is 4.98 Å². The van der Waals surface area contributed by atoms with E-state index in [-0.39, 0.29) is 5.88 Å². The second-order valence-corrected chi connectivity index (χ2v) is 6.68.